The van der Waals surface area contributed by atoms with E-state index < -0.39 is 0 Å². The van der Waals surface area contributed by atoms with E-state index in [0.29, 0.717) is 17.6 Å². The van der Waals surface area contributed by atoms with Gasteiger partial charge in [0, 0.05) is 5.92 Å². The van der Waals surface area contributed by atoms with Crippen molar-refractivity contribution < 1.29 is 14.6 Å². The van der Waals surface area contributed by atoms with E-state index in [2.05, 4.69) is 0 Å². The lowest BCUT2D eigenvalue weighted by Crippen LogP contribution is -2.25. The number of hydrogen-bond donors (Lipinski definition) is 1. The van der Waals surface area contributed by atoms with E-state index in [0.717, 1.165) is 13.2 Å². The van der Waals surface area contributed by atoms with Crippen molar-refractivity contribution >= 4 is 0 Å². The van der Waals surface area contributed by atoms with E-state index >= 15 is 0 Å². The Morgan fingerprint density at radius 1 is 0.889 bits per heavy atom. The SMILES string of the molecule is Oc1ccc(C2CCC(C3OCCO3)CC2)cc1. The normalized spacial score (nSPS) is 29.6. The van der Waals surface area contributed by atoms with Gasteiger partial charge in [0.05, 0.1) is 13.2 Å². The molecule has 0 spiro atoms. The van der Waals surface area contributed by atoms with Crippen LogP contribution in [0, 0.1) is 5.92 Å². The Bertz CT molecular complexity index is 373. The van der Waals surface area contributed by atoms with Gasteiger partial charge in [0.15, 0.2) is 6.29 Å². The third kappa shape index (κ3) is 2.52. The molecule has 0 aromatic heterocycles. The molecular formula is C15H20O3. The summed E-state index contributed by atoms with van der Waals surface area (Å²) in [6.45, 7) is 1.51. The minimum Gasteiger partial charge on any atom is -0.508 e. The van der Waals surface area contributed by atoms with Gasteiger partial charge in [-0.3, -0.25) is 0 Å². The molecule has 1 aromatic rings. The van der Waals surface area contributed by atoms with Crippen molar-refractivity contribution in [1.29, 1.82) is 0 Å². The van der Waals surface area contributed by atoms with Crippen molar-refractivity contribution in [2.45, 2.75) is 37.9 Å². The Labute approximate surface area is 108 Å². The predicted molar refractivity (Wildman–Crippen MR) is 68.5 cm³/mol. The first-order valence-electron chi connectivity index (χ1n) is 6.85. The largest absolute Gasteiger partial charge is 0.508 e. The lowest BCUT2D eigenvalue weighted by atomic mass is 9.78. The average Bonchev–Trinajstić information content (AvgIpc) is 2.94. The molecule has 1 saturated carbocycles. The third-order valence-electron chi connectivity index (χ3n) is 4.17. The lowest BCUT2D eigenvalue weighted by Gasteiger charge is -2.31. The van der Waals surface area contributed by atoms with Crippen molar-refractivity contribution in [3.8, 4) is 5.75 Å². The topological polar surface area (TPSA) is 38.7 Å². The lowest BCUT2D eigenvalue weighted by molar-refractivity contribution is -0.0931. The Kier molecular flexibility index (Phi) is 3.52. The highest BCUT2D eigenvalue weighted by molar-refractivity contribution is 5.28. The smallest absolute Gasteiger partial charge is 0.160 e. The number of hydrogen-bond acceptors (Lipinski definition) is 3. The summed E-state index contributed by atoms with van der Waals surface area (Å²) in [4.78, 5) is 0. The van der Waals surface area contributed by atoms with E-state index in [1.165, 1.54) is 31.2 Å². The van der Waals surface area contributed by atoms with Gasteiger partial charge >= 0.3 is 0 Å². The van der Waals surface area contributed by atoms with Crippen LogP contribution in [-0.4, -0.2) is 24.6 Å². The Morgan fingerprint density at radius 3 is 2.11 bits per heavy atom. The molecule has 2 aliphatic rings. The number of phenols is 1. The first-order valence-corrected chi connectivity index (χ1v) is 6.85. The van der Waals surface area contributed by atoms with Crippen molar-refractivity contribution in [3.05, 3.63) is 29.8 Å². The molecule has 1 aliphatic carbocycles. The summed E-state index contributed by atoms with van der Waals surface area (Å²) in [5, 5.41) is 9.31. The number of ether oxygens (including phenoxy) is 2. The molecule has 1 aromatic carbocycles. The maximum Gasteiger partial charge on any atom is 0.160 e. The van der Waals surface area contributed by atoms with Crippen LogP contribution >= 0.6 is 0 Å². The highest BCUT2D eigenvalue weighted by Gasteiger charge is 2.31. The minimum absolute atomic E-state index is 0.0470. The van der Waals surface area contributed by atoms with Gasteiger partial charge in [0.1, 0.15) is 5.75 Å². The van der Waals surface area contributed by atoms with Gasteiger partial charge in [0.2, 0.25) is 0 Å². The van der Waals surface area contributed by atoms with Gasteiger partial charge in [-0.05, 0) is 49.3 Å². The minimum atomic E-state index is 0.0470. The fourth-order valence-corrected chi connectivity index (χ4v) is 3.12. The fraction of sp³-hybridized carbons (Fsp3) is 0.600. The van der Waals surface area contributed by atoms with Crippen LogP contribution in [0.25, 0.3) is 0 Å². The van der Waals surface area contributed by atoms with Crippen molar-refractivity contribution in [3.63, 3.8) is 0 Å². The second-order valence-electron chi connectivity index (χ2n) is 5.31. The van der Waals surface area contributed by atoms with Gasteiger partial charge in [0.25, 0.3) is 0 Å². The molecule has 0 amide bonds. The second-order valence-corrected chi connectivity index (χ2v) is 5.31. The monoisotopic (exact) mass is 248 g/mol. The molecule has 2 fully saturated rings. The summed E-state index contributed by atoms with van der Waals surface area (Å²) in [7, 11) is 0. The molecule has 1 aliphatic heterocycles. The zero-order valence-electron chi connectivity index (χ0n) is 10.5. The van der Waals surface area contributed by atoms with Gasteiger partial charge < -0.3 is 14.6 Å². The quantitative estimate of drug-likeness (QED) is 0.874. The Morgan fingerprint density at radius 2 is 1.50 bits per heavy atom. The van der Waals surface area contributed by atoms with Crippen LogP contribution in [0.4, 0.5) is 0 Å². The molecular weight excluding hydrogens is 228 g/mol. The van der Waals surface area contributed by atoms with Gasteiger partial charge in [-0.2, -0.15) is 0 Å². The predicted octanol–water partition coefficient (Wildman–Crippen LogP) is 3.04. The Hall–Kier alpha value is -1.06. The van der Waals surface area contributed by atoms with Crippen molar-refractivity contribution in [1.82, 2.24) is 0 Å². The van der Waals surface area contributed by atoms with Gasteiger partial charge in [-0.1, -0.05) is 12.1 Å². The van der Waals surface area contributed by atoms with Gasteiger partial charge in [-0.25, -0.2) is 0 Å². The first-order chi connectivity index (χ1) is 8.83. The van der Waals surface area contributed by atoms with Crippen LogP contribution in [-0.2, 0) is 9.47 Å². The van der Waals surface area contributed by atoms with Crippen LogP contribution in [0.5, 0.6) is 5.75 Å². The van der Waals surface area contributed by atoms with Crippen LogP contribution in [0.15, 0.2) is 24.3 Å². The van der Waals surface area contributed by atoms with E-state index in [-0.39, 0.29) is 6.29 Å². The summed E-state index contributed by atoms with van der Waals surface area (Å²) >= 11 is 0. The third-order valence-corrected chi connectivity index (χ3v) is 4.17. The Balaban J connectivity index is 1.57. The standard InChI is InChI=1S/C15H20O3/c16-14-7-5-12(6-8-14)11-1-3-13(4-2-11)15-17-9-10-18-15/h5-8,11,13,15-16H,1-4,9-10H2. The first kappa shape index (κ1) is 12.0. The van der Waals surface area contributed by atoms with Crippen LogP contribution < -0.4 is 0 Å². The van der Waals surface area contributed by atoms with Crippen molar-refractivity contribution in [2.75, 3.05) is 13.2 Å². The van der Waals surface area contributed by atoms with E-state index in [9.17, 15) is 5.11 Å². The molecule has 0 unspecified atom stereocenters. The van der Waals surface area contributed by atoms with Gasteiger partial charge in [-0.15, -0.1) is 0 Å². The summed E-state index contributed by atoms with van der Waals surface area (Å²) in [5.74, 6) is 1.55. The molecule has 0 atom stereocenters. The summed E-state index contributed by atoms with van der Waals surface area (Å²) in [6, 6.07) is 7.65. The van der Waals surface area contributed by atoms with Crippen LogP contribution in [0.3, 0.4) is 0 Å². The number of phenolic OH excluding ortho intramolecular Hbond substituents is 1. The van der Waals surface area contributed by atoms with Crippen molar-refractivity contribution in [2.24, 2.45) is 5.92 Å². The van der Waals surface area contributed by atoms with Crippen LogP contribution in [0.2, 0.25) is 0 Å². The summed E-state index contributed by atoms with van der Waals surface area (Å²) in [5.41, 5.74) is 1.35. The number of rotatable bonds is 2. The summed E-state index contributed by atoms with van der Waals surface area (Å²) in [6.07, 6.45) is 4.79. The average molecular weight is 248 g/mol. The molecule has 98 valence electrons. The second kappa shape index (κ2) is 5.29. The molecule has 3 heteroatoms. The molecule has 1 heterocycles. The molecule has 0 bridgehead atoms. The summed E-state index contributed by atoms with van der Waals surface area (Å²) < 4.78 is 11.2. The molecule has 3 nitrogen and oxygen atoms in total. The molecule has 3 rings (SSSR count). The highest BCUT2D eigenvalue weighted by atomic mass is 16.7. The maximum absolute atomic E-state index is 9.31. The molecule has 1 saturated heterocycles. The number of aromatic hydroxyl groups is 1. The zero-order valence-corrected chi connectivity index (χ0v) is 10.5. The maximum atomic E-state index is 9.31. The fourth-order valence-electron chi connectivity index (χ4n) is 3.12. The number of benzene rings is 1. The van der Waals surface area contributed by atoms with E-state index in [1.807, 2.05) is 12.1 Å². The molecule has 0 radical (unpaired) electrons. The molecule has 18 heavy (non-hydrogen) atoms. The van der Waals surface area contributed by atoms with Crippen LogP contribution in [0.1, 0.15) is 37.2 Å². The van der Waals surface area contributed by atoms with E-state index in [1.54, 1.807) is 12.1 Å². The van der Waals surface area contributed by atoms with E-state index in [4.69, 9.17) is 9.47 Å². The zero-order chi connectivity index (χ0) is 12.4. The molecule has 1 N–H and O–H groups in total. The highest BCUT2D eigenvalue weighted by Crippen LogP contribution is 2.38.